The number of anilines is 1. The molecular weight excluding hydrogens is 543 g/mol. The van der Waals surface area contributed by atoms with Gasteiger partial charge in [0.1, 0.15) is 6.61 Å². The Bertz CT molecular complexity index is 1180. The monoisotopic (exact) mass is 562 g/mol. The largest absolute Gasteiger partial charge is 0.490 e. The van der Waals surface area contributed by atoms with E-state index >= 15 is 0 Å². The Morgan fingerprint density at radius 3 is 2.39 bits per heavy atom. The molecule has 3 aromatic rings. The van der Waals surface area contributed by atoms with Gasteiger partial charge >= 0.3 is 0 Å². The van der Waals surface area contributed by atoms with Gasteiger partial charge in [0.05, 0.1) is 31.9 Å². The van der Waals surface area contributed by atoms with Crippen LogP contribution in [0.3, 0.4) is 0 Å². The second-order valence-electron chi connectivity index (χ2n) is 6.65. The van der Waals surface area contributed by atoms with Gasteiger partial charge < -0.3 is 9.47 Å². The Hall–Kier alpha value is -3.74. The van der Waals surface area contributed by atoms with Crippen molar-refractivity contribution in [2.24, 2.45) is 5.10 Å². The Kier molecular flexibility index (Phi) is 8.13. The maximum Gasteiger partial charge on any atom is 0.269 e. The van der Waals surface area contributed by atoms with Crippen molar-refractivity contribution in [3.05, 3.63) is 95.6 Å². The average Bonchev–Trinajstić information content (AvgIpc) is 2.79. The van der Waals surface area contributed by atoms with Crippen LogP contribution < -0.4 is 14.9 Å². The molecule has 0 aliphatic rings. The third-order valence-corrected chi connectivity index (χ3v) is 5.12. The summed E-state index contributed by atoms with van der Waals surface area (Å²) in [5.74, 6) is 1.05. The molecule has 0 aromatic heterocycles. The van der Waals surface area contributed by atoms with Crippen LogP contribution in [-0.2, 0) is 6.61 Å². The molecule has 3 rings (SSSR count). The van der Waals surface area contributed by atoms with Crippen LogP contribution >= 0.6 is 22.6 Å². The van der Waals surface area contributed by atoms with Crippen LogP contribution in [0.1, 0.15) is 18.1 Å². The van der Waals surface area contributed by atoms with Gasteiger partial charge in [-0.15, -0.1) is 0 Å². The first-order valence-electron chi connectivity index (χ1n) is 9.73. The van der Waals surface area contributed by atoms with Gasteiger partial charge in [0.2, 0.25) is 0 Å². The maximum atomic E-state index is 11.0. The van der Waals surface area contributed by atoms with Gasteiger partial charge in [-0.05, 0) is 64.9 Å². The van der Waals surface area contributed by atoms with Gasteiger partial charge in [0.25, 0.3) is 11.4 Å². The summed E-state index contributed by atoms with van der Waals surface area (Å²) in [6.45, 7) is 2.42. The van der Waals surface area contributed by atoms with E-state index in [0.29, 0.717) is 29.4 Å². The van der Waals surface area contributed by atoms with Crippen LogP contribution in [0.25, 0.3) is 0 Å². The lowest BCUT2D eigenvalue weighted by Crippen LogP contribution is -2.03. The van der Waals surface area contributed by atoms with E-state index in [1.807, 2.05) is 13.0 Å². The first kappa shape index (κ1) is 23.9. The molecule has 0 saturated heterocycles. The molecule has 0 saturated carbocycles. The molecule has 0 aliphatic carbocycles. The highest BCUT2D eigenvalue weighted by atomic mass is 127. The fourth-order valence-electron chi connectivity index (χ4n) is 2.82. The second-order valence-corrected chi connectivity index (χ2v) is 7.81. The summed E-state index contributed by atoms with van der Waals surface area (Å²) in [7, 11) is 0. The number of benzene rings is 3. The van der Waals surface area contributed by atoms with E-state index in [-0.39, 0.29) is 18.0 Å². The maximum absolute atomic E-state index is 11.0. The molecular formula is C22H19IN4O6. The lowest BCUT2D eigenvalue weighted by Gasteiger charge is -2.14. The summed E-state index contributed by atoms with van der Waals surface area (Å²) in [6.07, 6.45) is 1.59. The summed E-state index contributed by atoms with van der Waals surface area (Å²) < 4.78 is 12.4. The van der Waals surface area contributed by atoms with Crippen molar-refractivity contribution >= 4 is 45.9 Å². The zero-order valence-corrected chi connectivity index (χ0v) is 19.6. The number of ether oxygens (including phenoxy) is 2. The quantitative estimate of drug-likeness (QED) is 0.149. The van der Waals surface area contributed by atoms with Crippen LogP contribution in [0.4, 0.5) is 17.1 Å². The molecule has 0 heterocycles. The molecule has 11 heteroatoms. The molecule has 0 fully saturated rings. The number of rotatable bonds is 10. The van der Waals surface area contributed by atoms with Crippen molar-refractivity contribution in [1.29, 1.82) is 0 Å². The van der Waals surface area contributed by atoms with E-state index in [0.717, 1.165) is 9.13 Å². The number of nitrogens with one attached hydrogen (secondary N) is 1. The fraction of sp³-hybridized carbons (Fsp3) is 0.136. The lowest BCUT2D eigenvalue weighted by atomic mass is 10.2. The minimum atomic E-state index is -0.465. The SMILES string of the molecule is CCOc1cc(/C=N/Nc2ccc([N+](=O)[O-])cc2)cc(I)c1OCc1cccc([N+](=O)[O-])c1. The molecule has 0 unspecified atom stereocenters. The molecule has 3 aromatic carbocycles. The molecule has 0 radical (unpaired) electrons. The van der Waals surface area contributed by atoms with Crippen molar-refractivity contribution in [2.75, 3.05) is 12.0 Å². The van der Waals surface area contributed by atoms with E-state index in [1.54, 1.807) is 36.5 Å². The minimum absolute atomic E-state index is 0.00105. The van der Waals surface area contributed by atoms with Gasteiger partial charge in [-0.1, -0.05) is 12.1 Å². The predicted molar refractivity (Wildman–Crippen MR) is 132 cm³/mol. The minimum Gasteiger partial charge on any atom is -0.490 e. The van der Waals surface area contributed by atoms with Gasteiger partial charge in [0.15, 0.2) is 11.5 Å². The summed E-state index contributed by atoms with van der Waals surface area (Å²) in [5, 5.41) is 25.9. The summed E-state index contributed by atoms with van der Waals surface area (Å²) in [6, 6.07) is 15.8. The van der Waals surface area contributed by atoms with E-state index in [2.05, 4.69) is 33.1 Å². The van der Waals surface area contributed by atoms with E-state index < -0.39 is 9.85 Å². The molecule has 170 valence electrons. The van der Waals surface area contributed by atoms with Crippen molar-refractivity contribution in [3.8, 4) is 11.5 Å². The number of halogens is 1. The molecule has 0 aliphatic heterocycles. The molecule has 33 heavy (non-hydrogen) atoms. The third-order valence-electron chi connectivity index (χ3n) is 4.32. The van der Waals surface area contributed by atoms with Gasteiger partial charge in [0, 0.05) is 24.3 Å². The van der Waals surface area contributed by atoms with Gasteiger partial charge in [-0.2, -0.15) is 5.10 Å². The Balaban J connectivity index is 1.73. The Morgan fingerprint density at radius 2 is 1.73 bits per heavy atom. The molecule has 0 bridgehead atoms. The number of nitro benzene ring substituents is 2. The highest BCUT2D eigenvalue weighted by molar-refractivity contribution is 14.1. The van der Waals surface area contributed by atoms with Crippen molar-refractivity contribution in [2.45, 2.75) is 13.5 Å². The molecule has 0 spiro atoms. The standard InChI is InChI=1S/C22H19IN4O6/c1-2-32-21-12-16(13-24-25-17-6-8-18(9-7-17)26(28)29)11-20(23)22(21)33-14-15-4-3-5-19(10-15)27(30)31/h3-13,25H,2,14H2,1H3/b24-13+. The van der Waals surface area contributed by atoms with E-state index in [4.69, 9.17) is 9.47 Å². The van der Waals surface area contributed by atoms with Gasteiger partial charge in [-0.3, -0.25) is 25.7 Å². The number of nitro groups is 2. The molecule has 10 nitrogen and oxygen atoms in total. The summed E-state index contributed by atoms with van der Waals surface area (Å²) in [4.78, 5) is 20.8. The number of nitrogens with zero attached hydrogens (tertiary/aromatic N) is 3. The zero-order chi connectivity index (χ0) is 23.8. The second kappa shape index (κ2) is 11.2. The van der Waals surface area contributed by atoms with Crippen LogP contribution in [0.15, 0.2) is 65.8 Å². The van der Waals surface area contributed by atoms with Crippen LogP contribution in [0.2, 0.25) is 0 Å². The number of hydrazone groups is 1. The molecule has 0 amide bonds. The Morgan fingerprint density at radius 1 is 1.00 bits per heavy atom. The zero-order valence-electron chi connectivity index (χ0n) is 17.4. The van der Waals surface area contributed by atoms with Crippen molar-refractivity contribution in [3.63, 3.8) is 0 Å². The summed E-state index contributed by atoms with van der Waals surface area (Å²) >= 11 is 2.13. The third kappa shape index (κ3) is 6.62. The van der Waals surface area contributed by atoms with E-state index in [1.165, 1.54) is 24.3 Å². The topological polar surface area (TPSA) is 129 Å². The van der Waals surface area contributed by atoms with Crippen LogP contribution in [0.5, 0.6) is 11.5 Å². The highest BCUT2D eigenvalue weighted by Crippen LogP contribution is 2.34. The smallest absolute Gasteiger partial charge is 0.269 e. The van der Waals surface area contributed by atoms with E-state index in [9.17, 15) is 20.2 Å². The van der Waals surface area contributed by atoms with Crippen LogP contribution in [0, 0.1) is 23.8 Å². The summed E-state index contributed by atoms with van der Waals surface area (Å²) in [5.41, 5.74) is 4.85. The first-order chi connectivity index (χ1) is 15.9. The molecule has 0 atom stereocenters. The van der Waals surface area contributed by atoms with Crippen LogP contribution in [-0.4, -0.2) is 22.7 Å². The van der Waals surface area contributed by atoms with Gasteiger partial charge in [-0.25, -0.2) is 0 Å². The highest BCUT2D eigenvalue weighted by Gasteiger charge is 2.13. The predicted octanol–water partition coefficient (Wildman–Crippen LogP) is 5.53. The van der Waals surface area contributed by atoms with Crippen molar-refractivity contribution in [1.82, 2.24) is 0 Å². The number of non-ortho nitro benzene ring substituents is 2. The number of hydrogen-bond acceptors (Lipinski definition) is 8. The lowest BCUT2D eigenvalue weighted by molar-refractivity contribution is -0.385. The normalized spacial score (nSPS) is 10.7. The Labute approximate surface area is 202 Å². The fourth-order valence-corrected chi connectivity index (χ4v) is 3.60. The number of hydrogen-bond donors (Lipinski definition) is 1. The average molecular weight is 562 g/mol. The van der Waals surface area contributed by atoms with Crippen molar-refractivity contribution < 1.29 is 19.3 Å². The molecule has 1 N–H and O–H groups in total. The first-order valence-corrected chi connectivity index (χ1v) is 10.8.